The SMILES string of the molecule is CC(C)(C)OC(=O)N1[C@H](CF)[C@@H](c2ccc(C=S)cc2)OC1(C)C. The summed E-state index contributed by atoms with van der Waals surface area (Å²) in [7, 11) is 0. The molecule has 4 nitrogen and oxygen atoms in total. The number of nitrogens with zero attached hydrogens (tertiary/aromatic N) is 1. The number of carbonyl (C=O) groups excluding carboxylic acids is 1. The number of halogens is 1. The van der Waals surface area contributed by atoms with Gasteiger partial charge in [0.1, 0.15) is 24.1 Å². The number of carbonyl (C=O) groups is 1. The lowest BCUT2D eigenvalue weighted by atomic mass is 10.0. The fraction of sp³-hybridized carbons (Fsp3) is 0.556. The molecule has 1 heterocycles. The highest BCUT2D eigenvalue weighted by Crippen LogP contribution is 2.42. The predicted molar refractivity (Wildman–Crippen MR) is 94.9 cm³/mol. The number of amides is 1. The molecule has 1 aliphatic rings. The van der Waals surface area contributed by atoms with Crippen molar-refractivity contribution in [1.82, 2.24) is 4.90 Å². The Kier molecular flexibility index (Phi) is 5.30. The van der Waals surface area contributed by atoms with E-state index in [1.54, 1.807) is 40.0 Å². The average Bonchev–Trinajstić information content (AvgIpc) is 2.76. The van der Waals surface area contributed by atoms with Gasteiger partial charge in [0.15, 0.2) is 0 Å². The molecule has 2 rings (SSSR count). The maximum absolute atomic E-state index is 13.8. The van der Waals surface area contributed by atoms with Gasteiger partial charge in [0.2, 0.25) is 0 Å². The Morgan fingerprint density at radius 3 is 2.42 bits per heavy atom. The molecule has 1 aromatic carbocycles. The van der Waals surface area contributed by atoms with Gasteiger partial charge in [-0.1, -0.05) is 36.5 Å². The lowest BCUT2D eigenvalue weighted by Crippen LogP contribution is -2.50. The fourth-order valence-electron chi connectivity index (χ4n) is 2.85. The Bertz CT molecular complexity index is 610. The van der Waals surface area contributed by atoms with Crippen molar-refractivity contribution in [3.8, 4) is 0 Å². The van der Waals surface area contributed by atoms with Crippen LogP contribution in [-0.2, 0) is 9.47 Å². The van der Waals surface area contributed by atoms with Gasteiger partial charge < -0.3 is 9.47 Å². The molecule has 0 radical (unpaired) electrons. The van der Waals surface area contributed by atoms with Crippen LogP contribution in [-0.4, -0.2) is 40.4 Å². The molecule has 24 heavy (non-hydrogen) atoms. The number of benzene rings is 1. The van der Waals surface area contributed by atoms with Gasteiger partial charge in [-0.25, -0.2) is 9.18 Å². The van der Waals surface area contributed by atoms with E-state index in [1.165, 1.54) is 4.90 Å². The van der Waals surface area contributed by atoms with Crippen LogP contribution in [0.25, 0.3) is 0 Å². The molecule has 1 aromatic rings. The summed E-state index contributed by atoms with van der Waals surface area (Å²) in [6.45, 7) is 8.10. The Morgan fingerprint density at radius 1 is 1.38 bits per heavy atom. The van der Waals surface area contributed by atoms with Crippen molar-refractivity contribution in [2.75, 3.05) is 6.67 Å². The normalized spacial score (nSPS) is 23.2. The Labute approximate surface area is 147 Å². The third kappa shape index (κ3) is 3.92. The molecular formula is C18H24FNO3S. The van der Waals surface area contributed by atoms with Crippen LogP contribution < -0.4 is 0 Å². The molecule has 0 saturated carbocycles. The zero-order valence-electron chi connectivity index (χ0n) is 14.7. The minimum atomic E-state index is -0.966. The van der Waals surface area contributed by atoms with E-state index in [1.807, 2.05) is 24.3 Å². The topological polar surface area (TPSA) is 38.8 Å². The highest BCUT2D eigenvalue weighted by Gasteiger charge is 2.51. The third-order valence-electron chi connectivity index (χ3n) is 3.83. The Morgan fingerprint density at radius 2 is 1.96 bits per heavy atom. The standard InChI is InChI=1S/C18H24FNO3S/c1-17(2,3)23-16(21)20-14(10-19)15(22-18(20,4)5)13-8-6-12(11-24)7-9-13/h6-9,11,14-15H,10H2,1-5H3/t14-,15-/m1/s1. The van der Waals surface area contributed by atoms with E-state index < -0.39 is 36.2 Å². The van der Waals surface area contributed by atoms with Crippen LogP contribution in [0.15, 0.2) is 24.3 Å². The highest BCUT2D eigenvalue weighted by molar-refractivity contribution is 7.79. The molecule has 0 spiro atoms. The van der Waals surface area contributed by atoms with Crippen LogP contribution in [0.1, 0.15) is 51.8 Å². The van der Waals surface area contributed by atoms with Gasteiger partial charge in [0.25, 0.3) is 0 Å². The first-order chi connectivity index (χ1) is 11.1. The summed E-state index contributed by atoms with van der Waals surface area (Å²) in [4.78, 5) is 13.9. The minimum absolute atomic E-state index is 0.559. The van der Waals surface area contributed by atoms with Crippen LogP contribution >= 0.6 is 12.2 Å². The lowest BCUT2D eigenvalue weighted by Gasteiger charge is -2.34. The zero-order valence-corrected chi connectivity index (χ0v) is 15.5. The molecule has 1 amide bonds. The van der Waals surface area contributed by atoms with E-state index in [0.29, 0.717) is 0 Å². The summed E-state index contributed by atoms with van der Waals surface area (Å²) in [6.07, 6.45) is -1.13. The van der Waals surface area contributed by atoms with Crippen molar-refractivity contribution < 1.29 is 18.7 Å². The van der Waals surface area contributed by atoms with Gasteiger partial charge >= 0.3 is 6.09 Å². The lowest BCUT2D eigenvalue weighted by molar-refractivity contribution is -0.0797. The van der Waals surface area contributed by atoms with Crippen molar-refractivity contribution in [1.29, 1.82) is 0 Å². The molecule has 1 aliphatic heterocycles. The van der Waals surface area contributed by atoms with Gasteiger partial charge in [0.05, 0.1) is 6.04 Å². The minimum Gasteiger partial charge on any atom is -0.444 e. The molecule has 132 valence electrons. The largest absolute Gasteiger partial charge is 0.444 e. The van der Waals surface area contributed by atoms with Gasteiger partial charge in [-0.2, -0.15) is 0 Å². The second kappa shape index (κ2) is 6.76. The molecule has 6 heteroatoms. The second-order valence-electron chi connectivity index (χ2n) is 7.34. The molecule has 1 fully saturated rings. The van der Waals surface area contributed by atoms with Crippen molar-refractivity contribution in [3.05, 3.63) is 35.4 Å². The molecular weight excluding hydrogens is 329 g/mol. The third-order valence-corrected chi connectivity index (χ3v) is 4.10. The van der Waals surface area contributed by atoms with E-state index in [4.69, 9.17) is 21.7 Å². The maximum atomic E-state index is 13.8. The summed E-state index contributed by atoms with van der Waals surface area (Å²) >= 11 is 4.90. The first-order valence-electron chi connectivity index (χ1n) is 7.90. The van der Waals surface area contributed by atoms with Crippen LogP contribution in [0.2, 0.25) is 0 Å². The van der Waals surface area contributed by atoms with Crippen LogP contribution in [0, 0.1) is 0 Å². The van der Waals surface area contributed by atoms with E-state index in [0.717, 1.165) is 11.1 Å². The van der Waals surface area contributed by atoms with Crippen molar-refractivity contribution in [2.24, 2.45) is 0 Å². The monoisotopic (exact) mass is 353 g/mol. The van der Waals surface area contributed by atoms with Crippen LogP contribution in [0.4, 0.5) is 9.18 Å². The summed E-state index contributed by atoms with van der Waals surface area (Å²) in [5.74, 6) is 0. The number of rotatable bonds is 3. The Balaban J connectivity index is 2.32. The molecule has 0 aromatic heterocycles. The van der Waals surface area contributed by atoms with Gasteiger partial charge in [-0.15, -0.1) is 0 Å². The quantitative estimate of drug-likeness (QED) is 0.754. The van der Waals surface area contributed by atoms with E-state index in [-0.39, 0.29) is 0 Å². The summed E-state index contributed by atoms with van der Waals surface area (Å²) in [6, 6.07) is 6.65. The second-order valence-corrected chi connectivity index (χ2v) is 7.58. The smallest absolute Gasteiger partial charge is 0.413 e. The van der Waals surface area contributed by atoms with E-state index in [2.05, 4.69) is 0 Å². The van der Waals surface area contributed by atoms with Crippen molar-refractivity contribution >= 4 is 23.7 Å². The first kappa shape index (κ1) is 18.8. The number of hydrogen-bond acceptors (Lipinski definition) is 4. The summed E-state index contributed by atoms with van der Waals surface area (Å²) < 4.78 is 25.3. The molecule has 1 saturated heterocycles. The molecule has 0 unspecified atom stereocenters. The summed E-state index contributed by atoms with van der Waals surface area (Å²) in [5, 5.41) is 1.57. The first-order valence-corrected chi connectivity index (χ1v) is 8.37. The molecule has 0 bridgehead atoms. The van der Waals surface area contributed by atoms with Crippen molar-refractivity contribution in [2.45, 2.75) is 58.1 Å². The Hall–Kier alpha value is -1.53. The average molecular weight is 353 g/mol. The molecule has 0 N–H and O–H groups in total. The number of thiocarbonyl (C=S) groups is 1. The predicted octanol–water partition coefficient (Wildman–Crippen LogP) is 4.42. The van der Waals surface area contributed by atoms with Crippen LogP contribution in [0.3, 0.4) is 0 Å². The molecule has 2 atom stereocenters. The maximum Gasteiger partial charge on any atom is 0.413 e. The summed E-state index contributed by atoms with van der Waals surface area (Å²) in [5.41, 5.74) is 0.0729. The fourth-order valence-corrected chi connectivity index (χ4v) is 3.01. The number of alkyl halides is 1. The van der Waals surface area contributed by atoms with Gasteiger partial charge in [-0.3, -0.25) is 4.90 Å². The van der Waals surface area contributed by atoms with Crippen molar-refractivity contribution in [3.63, 3.8) is 0 Å². The zero-order chi connectivity index (χ0) is 18.1. The van der Waals surface area contributed by atoms with Crippen LogP contribution in [0.5, 0.6) is 0 Å². The molecule has 0 aliphatic carbocycles. The number of hydrogen-bond donors (Lipinski definition) is 0. The number of ether oxygens (including phenoxy) is 2. The van der Waals surface area contributed by atoms with E-state index in [9.17, 15) is 9.18 Å². The van der Waals surface area contributed by atoms with E-state index >= 15 is 0 Å². The highest BCUT2D eigenvalue weighted by atomic mass is 32.1. The van der Waals surface area contributed by atoms with Gasteiger partial charge in [0, 0.05) is 5.37 Å². The van der Waals surface area contributed by atoms with Gasteiger partial charge in [-0.05, 0) is 45.7 Å².